The summed E-state index contributed by atoms with van der Waals surface area (Å²) in [5.74, 6) is 0.705. The van der Waals surface area contributed by atoms with E-state index in [4.69, 9.17) is 0 Å². The molecule has 114 valence electrons. The van der Waals surface area contributed by atoms with Gasteiger partial charge in [-0.1, -0.05) is 4.98 Å². The second-order valence-electron chi connectivity index (χ2n) is 5.67. The molecule has 7 nitrogen and oxygen atoms in total. The van der Waals surface area contributed by atoms with Crippen LogP contribution in [0.15, 0.2) is 27.9 Å². The molecule has 0 aliphatic heterocycles. The van der Waals surface area contributed by atoms with Gasteiger partial charge in [-0.15, -0.1) is 0 Å². The smallest absolute Gasteiger partial charge is 0.297 e. The summed E-state index contributed by atoms with van der Waals surface area (Å²) in [5.41, 5.74) is 1.42. The van der Waals surface area contributed by atoms with Gasteiger partial charge in [-0.2, -0.15) is 0 Å². The molecule has 0 saturated heterocycles. The lowest BCUT2D eigenvalue weighted by Crippen LogP contribution is -2.41. The Balaban J connectivity index is 2.73. The first kappa shape index (κ1) is 14.2. The first-order chi connectivity index (χ1) is 10.3. The molecule has 0 saturated carbocycles. The zero-order valence-corrected chi connectivity index (χ0v) is 13.3. The summed E-state index contributed by atoms with van der Waals surface area (Å²) in [6.07, 6.45) is 1.89. The number of aromatic nitrogens is 4. The van der Waals surface area contributed by atoms with E-state index in [2.05, 4.69) is 4.98 Å². The van der Waals surface area contributed by atoms with Crippen molar-refractivity contribution in [2.75, 3.05) is 19.0 Å². The predicted octanol–water partition coefficient (Wildman–Crippen LogP) is -0.255. The van der Waals surface area contributed by atoms with Crippen LogP contribution in [-0.4, -0.2) is 28.2 Å². The first-order valence-electron chi connectivity index (χ1n) is 6.92. The molecule has 3 aromatic rings. The zero-order chi connectivity index (χ0) is 16.2. The Morgan fingerprint density at radius 2 is 1.86 bits per heavy atom. The van der Waals surface area contributed by atoms with E-state index < -0.39 is 0 Å². The summed E-state index contributed by atoms with van der Waals surface area (Å²) >= 11 is 0. The minimum Gasteiger partial charge on any atom is -0.297 e. The lowest BCUT2D eigenvalue weighted by Gasteiger charge is -2.13. The third-order valence-electron chi connectivity index (χ3n) is 3.82. The average Bonchev–Trinajstić information content (AvgIpc) is 2.48. The lowest BCUT2D eigenvalue weighted by molar-refractivity contribution is -0.499. The van der Waals surface area contributed by atoms with Crippen LogP contribution < -0.4 is 20.5 Å². The van der Waals surface area contributed by atoms with Gasteiger partial charge in [0.1, 0.15) is 0 Å². The van der Waals surface area contributed by atoms with Crippen molar-refractivity contribution in [3.05, 3.63) is 44.7 Å². The quantitative estimate of drug-likeness (QED) is 0.459. The number of hydrogen-bond acceptors (Lipinski definition) is 4. The number of hydrogen-bond donors (Lipinski definition) is 0. The third-order valence-corrected chi connectivity index (χ3v) is 3.82. The fourth-order valence-corrected chi connectivity index (χ4v) is 2.68. The maximum absolute atomic E-state index is 12.6. The van der Waals surface area contributed by atoms with Gasteiger partial charge in [-0.25, -0.2) is 9.20 Å². The highest BCUT2D eigenvalue weighted by Gasteiger charge is 2.24. The van der Waals surface area contributed by atoms with Crippen LogP contribution in [0.1, 0.15) is 5.56 Å². The predicted molar refractivity (Wildman–Crippen MR) is 84.4 cm³/mol. The standard InChI is InChI=1S/C15H18N5O2/c1-9-6-7-20-10(8-9)16-12-11(13(20)17(2)3)14(21)19(5)15(22)18(12)4/h6-8H,1-5H3/q+1. The number of rotatable bonds is 1. The molecule has 0 atom stereocenters. The molecular formula is C15H18N5O2+. The molecule has 0 unspecified atom stereocenters. The molecule has 0 N–H and O–H groups in total. The molecule has 3 aromatic heterocycles. The zero-order valence-electron chi connectivity index (χ0n) is 13.3. The van der Waals surface area contributed by atoms with E-state index in [0.717, 1.165) is 10.1 Å². The van der Waals surface area contributed by atoms with Crippen molar-refractivity contribution in [3.63, 3.8) is 0 Å². The van der Waals surface area contributed by atoms with E-state index in [0.29, 0.717) is 22.5 Å². The Morgan fingerprint density at radius 1 is 1.18 bits per heavy atom. The summed E-state index contributed by atoms with van der Waals surface area (Å²) in [5, 5.41) is 0.427. The Bertz CT molecular complexity index is 1030. The molecule has 3 rings (SSSR count). The van der Waals surface area contributed by atoms with E-state index in [-0.39, 0.29) is 11.2 Å². The van der Waals surface area contributed by atoms with E-state index in [1.165, 1.54) is 11.6 Å². The number of pyridine rings is 1. The second kappa shape index (κ2) is 4.66. The Morgan fingerprint density at radius 3 is 2.50 bits per heavy atom. The fourth-order valence-electron chi connectivity index (χ4n) is 2.68. The Labute approximate surface area is 126 Å². The maximum atomic E-state index is 12.6. The maximum Gasteiger partial charge on any atom is 0.333 e. The van der Waals surface area contributed by atoms with Crippen LogP contribution >= 0.6 is 0 Å². The largest absolute Gasteiger partial charge is 0.333 e. The number of anilines is 1. The van der Waals surface area contributed by atoms with E-state index in [1.54, 1.807) is 7.05 Å². The van der Waals surface area contributed by atoms with Gasteiger partial charge in [-0.05, 0) is 18.6 Å². The topological polar surface area (TPSA) is 64.2 Å². The summed E-state index contributed by atoms with van der Waals surface area (Å²) in [7, 11) is 6.84. The molecule has 0 amide bonds. The van der Waals surface area contributed by atoms with Gasteiger partial charge in [0.15, 0.2) is 5.39 Å². The monoisotopic (exact) mass is 300 g/mol. The van der Waals surface area contributed by atoms with Gasteiger partial charge in [0.2, 0.25) is 11.5 Å². The fraction of sp³-hybridized carbons (Fsp3) is 0.333. The molecule has 0 fully saturated rings. The SMILES string of the molecule is Cc1cc[n+]2c(N(C)C)c3c(=O)n(C)c(=O)n(C)c3nc2c1. The number of nitrogens with zero attached hydrogens (tertiary/aromatic N) is 5. The molecule has 0 bridgehead atoms. The molecule has 0 aliphatic carbocycles. The second-order valence-corrected chi connectivity index (χ2v) is 5.67. The van der Waals surface area contributed by atoms with Crippen LogP contribution in [0.4, 0.5) is 5.82 Å². The summed E-state index contributed by atoms with van der Waals surface area (Å²) in [4.78, 5) is 31.1. The molecule has 0 radical (unpaired) electrons. The molecule has 0 aliphatic rings. The average molecular weight is 300 g/mol. The van der Waals surface area contributed by atoms with Crippen LogP contribution in [0.2, 0.25) is 0 Å². The van der Waals surface area contributed by atoms with E-state index in [1.807, 2.05) is 48.6 Å². The van der Waals surface area contributed by atoms with Crippen LogP contribution in [0.5, 0.6) is 0 Å². The van der Waals surface area contributed by atoms with Gasteiger partial charge in [0.05, 0.1) is 20.3 Å². The van der Waals surface area contributed by atoms with Crippen LogP contribution in [0.3, 0.4) is 0 Å². The van der Waals surface area contributed by atoms with Gasteiger partial charge >= 0.3 is 5.69 Å². The summed E-state index contributed by atoms with van der Waals surface area (Å²) < 4.78 is 4.38. The molecule has 22 heavy (non-hydrogen) atoms. The van der Waals surface area contributed by atoms with Gasteiger partial charge in [0.25, 0.3) is 11.2 Å². The van der Waals surface area contributed by atoms with E-state index >= 15 is 0 Å². The van der Waals surface area contributed by atoms with Crippen molar-refractivity contribution in [2.45, 2.75) is 6.92 Å². The molecule has 7 heteroatoms. The molecule has 0 aromatic carbocycles. The Kier molecular flexibility index (Phi) is 3.01. The highest BCUT2D eigenvalue weighted by atomic mass is 16.2. The molecular weight excluding hydrogens is 282 g/mol. The number of fused-ring (bicyclic) bond motifs is 2. The lowest BCUT2D eigenvalue weighted by atomic mass is 10.2. The minimum atomic E-state index is -0.383. The molecule has 0 spiro atoms. The van der Waals surface area contributed by atoms with Gasteiger partial charge in [-0.3, -0.25) is 18.8 Å². The number of aryl methyl sites for hydroxylation is 2. The van der Waals surface area contributed by atoms with Crippen molar-refractivity contribution in [1.29, 1.82) is 0 Å². The summed E-state index contributed by atoms with van der Waals surface area (Å²) in [6, 6.07) is 3.88. The van der Waals surface area contributed by atoms with Gasteiger partial charge in [0, 0.05) is 20.2 Å². The highest BCUT2D eigenvalue weighted by molar-refractivity contribution is 5.85. The van der Waals surface area contributed by atoms with Crippen LogP contribution in [-0.2, 0) is 14.1 Å². The van der Waals surface area contributed by atoms with Gasteiger partial charge < -0.3 is 0 Å². The van der Waals surface area contributed by atoms with Crippen molar-refractivity contribution in [2.24, 2.45) is 14.1 Å². The first-order valence-corrected chi connectivity index (χ1v) is 6.92. The normalized spacial score (nSPS) is 11.3. The van der Waals surface area contributed by atoms with Crippen LogP contribution in [0.25, 0.3) is 16.7 Å². The van der Waals surface area contributed by atoms with Crippen molar-refractivity contribution in [3.8, 4) is 0 Å². The van der Waals surface area contributed by atoms with Crippen molar-refractivity contribution >= 4 is 22.5 Å². The van der Waals surface area contributed by atoms with E-state index in [9.17, 15) is 9.59 Å². The van der Waals surface area contributed by atoms with Crippen molar-refractivity contribution < 1.29 is 4.40 Å². The van der Waals surface area contributed by atoms with Crippen LogP contribution in [0, 0.1) is 6.92 Å². The Hall–Kier alpha value is -2.70. The minimum absolute atomic E-state index is 0.343. The summed E-state index contributed by atoms with van der Waals surface area (Å²) in [6.45, 7) is 1.98. The third kappa shape index (κ3) is 1.82. The van der Waals surface area contributed by atoms with Crippen molar-refractivity contribution in [1.82, 2.24) is 14.1 Å². The molecule has 3 heterocycles. The highest BCUT2D eigenvalue weighted by Crippen LogP contribution is 2.17.